The molecule has 0 atom stereocenters. The number of nitrogens with one attached hydrogen (secondary N) is 1. The Kier molecular flexibility index (Phi) is 6.07. The SMILES string of the molecule is O=C(c1ccc(Nc2ncccn2)cc1)N1CCN(CCc2ccncc2)CC1. The molecule has 1 fully saturated rings. The second-order valence-electron chi connectivity index (χ2n) is 7.01. The fourth-order valence-electron chi connectivity index (χ4n) is 3.38. The van der Waals surface area contributed by atoms with E-state index in [0.717, 1.165) is 44.8 Å². The molecule has 2 aromatic heterocycles. The highest BCUT2D eigenvalue weighted by Gasteiger charge is 2.21. The third-order valence-electron chi connectivity index (χ3n) is 5.08. The summed E-state index contributed by atoms with van der Waals surface area (Å²) in [5.41, 5.74) is 2.86. The number of rotatable bonds is 6. The topological polar surface area (TPSA) is 74.2 Å². The van der Waals surface area contributed by atoms with Crippen LogP contribution in [-0.2, 0) is 6.42 Å². The largest absolute Gasteiger partial charge is 0.336 e. The first-order chi connectivity index (χ1) is 14.3. The smallest absolute Gasteiger partial charge is 0.253 e. The molecule has 1 aliphatic heterocycles. The molecule has 0 radical (unpaired) electrons. The van der Waals surface area contributed by atoms with E-state index in [2.05, 4.69) is 37.3 Å². The molecule has 1 saturated heterocycles. The summed E-state index contributed by atoms with van der Waals surface area (Å²) in [4.78, 5) is 29.5. The summed E-state index contributed by atoms with van der Waals surface area (Å²) >= 11 is 0. The third-order valence-corrected chi connectivity index (χ3v) is 5.08. The molecule has 7 heteroatoms. The normalized spacial score (nSPS) is 14.6. The van der Waals surface area contributed by atoms with Crippen LogP contribution in [0.1, 0.15) is 15.9 Å². The number of carbonyl (C=O) groups is 1. The van der Waals surface area contributed by atoms with Crippen molar-refractivity contribution in [2.75, 3.05) is 38.0 Å². The first-order valence-corrected chi connectivity index (χ1v) is 9.82. The summed E-state index contributed by atoms with van der Waals surface area (Å²) < 4.78 is 0. The number of aromatic nitrogens is 3. The summed E-state index contributed by atoms with van der Waals surface area (Å²) in [5.74, 6) is 0.621. The van der Waals surface area contributed by atoms with Crippen LogP contribution in [0.4, 0.5) is 11.6 Å². The summed E-state index contributed by atoms with van der Waals surface area (Å²) in [6.45, 7) is 4.33. The molecule has 0 spiro atoms. The average molecular weight is 388 g/mol. The van der Waals surface area contributed by atoms with Crippen molar-refractivity contribution in [3.8, 4) is 0 Å². The number of nitrogens with zero attached hydrogens (tertiary/aromatic N) is 5. The summed E-state index contributed by atoms with van der Waals surface area (Å²) in [6, 6.07) is 13.4. The Morgan fingerprint density at radius 1 is 0.897 bits per heavy atom. The molecule has 1 N–H and O–H groups in total. The minimum absolute atomic E-state index is 0.0845. The van der Waals surface area contributed by atoms with Crippen LogP contribution in [0.3, 0.4) is 0 Å². The molecule has 1 aromatic carbocycles. The molecular weight excluding hydrogens is 364 g/mol. The van der Waals surface area contributed by atoms with Gasteiger partial charge in [-0.3, -0.25) is 14.7 Å². The summed E-state index contributed by atoms with van der Waals surface area (Å²) in [6.07, 6.45) is 8.04. The number of pyridine rings is 1. The molecule has 4 rings (SSSR count). The monoisotopic (exact) mass is 388 g/mol. The van der Waals surface area contributed by atoms with E-state index in [1.807, 2.05) is 41.6 Å². The number of hydrogen-bond donors (Lipinski definition) is 1. The number of carbonyl (C=O) groups excluding carboxylic acids is 1. The van der Waals surface area contributed by atoms with Gasteiger partial charge in [0.15, 0.2) is 0 Å². The average Bonchev–Trinajstić information content (AvgIpc) is 2.79. The molecule has 1 amide bonds. The van der Waals surface area contributed by atoms with E-state index < -0.39 is 0 Å². The van der Waals surface area contributed by atoms with Crippen molar-refractivity contribution >= 4 is 17.5 Å². The fraction of sp³-hybridized carbons (Fsp3) is 0.273. The second kappa shape index (κ2) is 9.25. The van der Waals surface area contributed by atoms with Crippen molar-refractivity contribution in [1.29, 1.82) is 0 Å². The highest BCUT2D eigenvalue weighted by Crippen LogP contribution is 2.16. The predicted octanol–water partition coefficient (Wildman–Crippen LogP) is 2.62. The van der Waals surface area contributed by atoms with E-state index in [1.54, 1.807) is 18.5 Å². The Morgan fingerprint density at radius 3 is 2.28 bits per heavy atom. The lowest BCUT2D eigenvalue weighted by molar-refractivity contribution is 0.0638. The van der Waals surface area contributed by atoms with E-state index in [0.29, 0.717) is 11.5 Å². The number of benzene rings is 1. The van der Waals surface area contributed by atoms with E-state index >= 15 is 0 Å². The quantitative estimate of drug-likeness (QED) is 0.700. The second-order valence-corrected chi connectivity index (χ2v) is 7.01. The third kappa shape index (κ3) is 5.14. The molecule has 0 bridgehead atoms. The van der Waals surface area contributed by atoms with Crippen molar-refractivity contribution in [2.24, 2.45) is 0 Å². The Labute approximate surface area is 170 Å². The lowest BCUT2D eigenvalue weighted by Gasteiger charge is -2.34. The van der Waals surface area contributed by atoms with Crippen LogP contribution in [0, 0.1) is 0 Å². The van der Waals surface area contributed by atoms with Gasteiger partial charge in [0.25, 0.3) is 5.91 Å². The van der Waals surface area contributed by atoms with Crippen molar-refractivity contribution < 1.29 is 4.79 Å². The van der Waals surface area contributed by atoms with Crippen LogP contribution in [0.2, 0.25) is 0 Å². The van der Waals surface area contributed by atoms with Gasteiger partial charge >= 0.3 is 0 Å². The lowest BCUT2D eigenvalue weighted by Crippen LogP contribution is -2.49. The van der Waals surface area contributed by atoms with Crippen LogP contribution in [-0.4, -0.2) is 63.4 Å². The van der Waals surface area contributed by atoms with Gasteiger partial charge in [-0.15, -0.1) is 0 Å². The molecule has 1 aliphatic rings. The van der Waals surface area contributed by atoms with Crippen molar-refractivity contribution in [3.63, 3.8) is 0 Å². The van der Waals surface area contributed by atoms with Crippen LogP contribution < -0.4 is 5.32 Å². The maximum absolute atomic E-state index is 12.8. The Balaban J connectivity index is 1.27. The van der Waals surface area contributed by atoms with E-state index in [1.165, 1.54) is 5.56 Å². The number of anilines is 2. The Hall–Kier alpha value is -3.32. The molecule has 0 unspecified atom stereocenters. The van der Waals surface area contributed by atoms with Crippen molar-refractivity contribution in [3.05, 3.63) is 78.4 Å². The maximum atomic E-state index is 12.8. The fourth-order valence-corrected chi connectivity index (χ4v) is 3.38. The lowest BCUT2D eigenvalue weighted by atomic mass is 10.1. The molecule has 0 aliphatic carbocycles. The highest BCUT2D eigenvalue weighted by molar-refractivity contribution is 5.94. The van der Waals surface area contributed by atoms with Gasteiger partial charge in [-0.1, -0.05) is 0 Å². The summed E-state index contributed by atoms with van der Waals surface area (Å²) in [7, 11) is 0. The van der Waals surface area contributed by atoms with Crippen molar-refractivity contribution in [1.82, 2.24) is 24.8 Å². The van der Waals surface area contributed by atoms with Gasteiger partial charge in [0.2, 0.25) is 5.95 Å². The standard InChI is InChI=1S/C22H24N6O/c29-21(19-2-4-20(5-3-19)26-22-24-9-1-10-25-22)28-16-14-27(15-17-28)13-8-18-6-11-23-12-7-18/h1-7,9-12H,8,13-17H2,(H,24,25,26). The van der Waals surface area contributed by atoms with Crippen LogP contribution in [0.25, 0.3) is 0 Å². The van der Waals surface area contributed by atoms with Gasteiger partial charge in [0, 0.05) is 68.8 Å². The first-order valence-electron chi connectivity index (χ1n) is 9.82. The van der Waals surface area contributed by atoms with E-state index in [4.69, 9.17) is 0 Å². The highest BCUT2D eigenvalue weighted by atomic mass is 16.2. The van der Waals surface area contributed by atoms with Crippen molar-refractivity contribution in [2.45, 2.75) is 6.42 Å². The molecule has 3 aromatic rings. The minimum Gasteiger partial charge on any atom is -0.336 e. The van der Waals surface area contributed by atoms with Crippen LogP contribution in [0.5, 0.6) is 0 Å². The van der Waals surface area contributed by atoms with Crippen LogP contribution >= 0.6 is 0 Å². The molecular formula is C22H24N6O. The summed E-state index contributed by atoms with van der Waals surface area (Å²) in [5, 5.41) is 3.13. The Morgan fingerprint density at radius 2 is 1.59 bits per heavy atom. The molecule has 3 heterocycles. The number of hydrogen-bond acceptors (Lipinski definition) is 6. The number of piperazine rings is 1. The molecule has 148 valence electrons. The molecule has 7 nitrogen and oxygen atoms in total. The zero-order valence-corrected chi connectivity index (χ0v) is 16.2. The minimum atomic E-state index is 0.0845. The first kappa shape index (κ1) is 19.0. The zero-order valence-electron chi connectivity index (χ0n) is 16.2. The van der Waals surface area contributed by atoms with Gasteiger partial charge in [0.05, 0.1) is 0 Å². The predicted molar refractivity (Wildman–Crippen MR) is 112 cm³/mol. The van der Waals surface area contributed by atoms with E-state index in [9.17, 15) is 4.79 Å². The van der Waals surface area contributed by atoms with Gasteiger partial charge in [-0.2, -0.15) is 0 Å². The van der Waals surface area contributed by atoms with Gasteiger partial charge in [-0.25, -0.2) is 9.97 Å². The van der Waals surface area contributed by atoms with Crippen LogP contribution in [0.15, 0.2) is 67.3 Å². The Bertz CT molecular complexity index is 909. The van der Waals surface area contributed by atoms with Gasteiger partial charge in [0.1, 0.15) is 0 Å². The molecule has 29 heavy (non-hydrogen) atoms. The maximum Gasteiger partial charge on any atom is 0.253 e. The number of amides is 1. The van der Waals surface area contributed by atoms with Gasteiger partial charge in [-0.05, 0) is 54.4 Å². The zero-order chi connectivity index (χ0) is 19.9. The molecule has 0 saturated carbocycles. The van der Waals surface area contributed by atoms with Gasteiger partial charge < -0.3 is 10.2 Å². The van der Waals surface area contributed by atoms with E-state index in [-0.39, 0.29) is 5.91 Å².